The lowest BCUT2D eigenvalue weighted by molar-refractivity contribution is -0.357. The molecule has 0 aromatic rings. The largest absolute Gasteiger partial charge is 0.463 e. The molecule has 0 bridgehead atoms. The number of carbonyl (C=O) groups excluding carboxylic acids is 1. The fourth-order valence-corrected chi connectivity index (χ4v) is 5.18. The SMILES string of the molecule is CCCCCCCCCCCC(=O)OCC1O[C@H](O[C@@]2(CCl)O[C@H](CCl)C(O)[C@H]2O)C(O)[C@@H](O)[C@H]1Cl. The summed E-state index contributed by atoms with van der Waals surface area (Å²) >= 11 is 18.0. The zero-order chi connectivity index (χ0) is 26.7. The van der Waals surface area contributed by atoms with Crippen molar-refractivity contribution < 1.29 is 44.2 Å². The standard InChI is InChI=1S/C24H41Cl3O9/c1-2-3-4-5-6-7-8-9-10-11-17(28)33-13-16-18(27)20(30)21(31)23(34-16)36-24(14-26)22(32)19(29)15(12-25)35-24/h15-16,18-23,29-32H,2-14H2,1H3/t15-,16?,18+,19?,20+,21?,22-,23-,24-/m1/s1. The summed E-state index contributed by atoms with van der Waals surface area (Å²) < 4.78 is 22.1. The van der Waals surface area contributed by atoms with Crippen molar-refractivity contribution in [3.8, 4) is 0 Å². The van der Waals surface area contributed by atoms with E-state index in [4.69, 9.17) is 53.8 Å². The molecule has 2 heterocycles. The van der Waals surface area contributed by atoms with Crippen molar-refractivity contribution in [2.45, 2.75) is 125 Å². The molecular formula is C24H41Cl3O9. The topological polar surface area (TPSA) is 135 Å². The van der Waals surface area contributed by atoms with E-state index in [1.807, 2.05) is 0 Å². The van der Waals surface area contributed by atoms with Crippen LogP contribution >= 0.6 is 34.8 Å². The minimum atomic E-state index is -1.94. The Hall–Kier alpha value is 0.0600. The molecule has 0 amide bonds. The van der Waals surface area contributed by atoms with Gasteiger partial charge in [-0.15, -0.1) is 34.8 Å². The molecule has 9 atom stereocenters. The van der Waals surface area contributed by atoms with E-state index in [9.17, 15) is 25.2 Å². The van der Waals surface area contributed by atoms with E-state index in [0.29, 0.717) is 6.42 Å². The van der Waals surface area contributed by atoms with Crippen molar-refractivity contribution in [2.75, 3.05) is 18.4 Å². The van der Waals surface area contributed by atoms with Crippen LogP contribution in [0.3, 0.4) is 0 Å². The highest BCUT2D eigenvalue weighted by Crippen LogP contribution is 2.38. The lowest BCUT2D eigenvalue weighted by Gasteiger charge is -2.43. The minimum Gasteiger partial charge on any atom is -0.463 e. The van der Waals surface area contributed by atoms with Crippen LogP contribution in [0.25, 0.3) is 0 Å². The average molecular weight is 580 g/mol. The highest BCUT2D eigenvalue weighted by atomic mass is 35.5. The number of carbonyl (C=O) groups is 1. The Balaban J connectivity index is 1.80. The first-order valence-electron chi connectivity index (χ1n) is 12.9. The first-order valence-corrected chi connectivity index (χ1v) is 14.4. The molecular weight excluding hydrogens is 539 g/mol. The van der Waals surface area contributed by atoms with Crippen LogP contribution in [0, 0.1) is 0 Å². The summed E-state index contributed by atoms with van der Waals surface area (Å²) in [6.45, 7) is 1.93. The van der Waals surface area contributed by atoms with Gasteiger partial charge in [-0.2, -0.15) is 0 Å². The molecule has 0 radical (unpaired) electrons. The summed E-state index contributed by atoms with van der Waals surface area (Å²) in [6.07, 6.45) is 0.821. The summed E-state index contributed by atoms with van der Waals surface area (Å²) in [4.78, 5) is 12.2. The van der Waals surface area contributed by atoms with Crippen LogP contribution in [0.4, 0.5) is 0 Å². The van der Waals surface area contributed by atoms with Crippen LogP contribution in [-0.2, 0) is 23.7 Å². The molecule has 0 spiro atoms. The fraction of sp³-hybridized carbons (Fsp3) is 0.958. The van der Waals surface area contributed by atoms with E-state index in [-0.39, 0.29) is 18.9 Å². The van der Waals surface area contributed by atoms with Gasteiger partial charge in [0, 0.05) is 6.42 Å². The number of alkyl halides is 3. The monoisotopic (exact) mass is 578 g/mol. The first-order chi connectivity index (χ1) is 17.2. The van der Waals surface area contributed by atoms with Crippen LogP contribution in [0.1, 0.15) is 71.1 Å². The number of esters is 1. The predicted octanol–water partition coefficient (Wildman–Crippen LogP) is 2.82. The summed E-state index contributed by atoms with van der Waals surface area (Å²) in [7, 11) is 0. The van der Waals surface area contributed by atoms with Crippen molar-refractivity contribution in [3.63, 3.8) is 0 Å². The molecule has 212 valence electrons. The van der Waals surface area contributed by atoms with Crippen LogP contribution in [0.5, 0.6) is 0 Å². The maximum atomic E-state index is 12.2. The summed E-state index contributed by atoms with van der Waals surface area (Å²) in [6, 6.07) is 0. The Morgan fingerprint density at radius 2 is 1.50 bits per heavy atom. The quantitative estimate of drug-likeness (QED) is 0.124. The van der Waals surface area contributed by atoms with Gasteiger partial charge in [0.15, 0.2) is 6.29 Å². The van der Waals surface area contributed by atoms with Crippen LogP contribution in [-0.4, -0.2) is 98.8 Å². The first kappa shape index (κ1) is 32.3. The molecule has 0 aliphatic carbocycles. The molecule has 0 aromatic heterocycles. The molecule has 2 fully saturated rings. The number of hydrogen-bond acceptors (Lipinski definition) is 9. The van der Waals surface area contributed by atoms with Gasteiger partial charge in [0.25, 0.3) is 0 Å². The average Bonchev–Trinajstić information content (AvgIpc) is 3.12. The maximum Gasteiger partial charge on any atom is 0.305 e. The number of ether oxygens (including phenoxy) is 4. The van der Waals surface area contributed by atoms with E-state index < -0.39 is 65.9 Å². The van der Waals surface area contributed by atoms with Crippen molar-refractivity contribution in [1.29, 1.82) is 0 Å². The normalized spacial score (nSPS) is 36.8. The van der Waals surface area contributed by atoms with Gasteiger partial charge in [0.2, 0.25) is 5.79 Å². The molecule has 36 heavy (non-hydrogen) atoms. The molecule has 2 saturated heterocycles. The lowest BCUT2D eigenvalue weighted by atomic mass is 10.0. The minimum absolute atomic E-state index is 0.141. The second-order valence-corrected chi connectivity index (χ2v) is 10.6. The van der Waals surface area contributed by atoms with Crippen LogP contribution in [0.2, 0.25) is 0 Å². The third-order valence-electron chi connectivity index (χ3n) is 6.67. The summed E-state index contributed by atoms with van der Waals surface area (Å²) in [5.41, 5.74) is 0. The van der Waals surface area contributed by atoms with Gasteiger partial charge in [-0.05, 0) is 6.42 Å². The molecule has 9 nitrogen and oxygen atoms in total. The third kappa shape index (κ3) is 8.79. The zero-order valence-electron chi connectivity index (χ0n) is 20.8. The smallest absolute Gasteiger partial charge is 0.305 e. The molecule has 3 unspecified atom stereocenters. The molecule has 0 aromatic carbocycles. The highest BCUT2D eigenvalue weighted by Gasteiger charge is 2.58. The van der Waals surface area contributed by atoms with E-state index in [1.165, 1.54) is 32.1 Å². The van der Waals surface area contributed by atoms with Gasteiger partial charge in [0.05, 0.1) is 17.1 Å². The van der Waals surface area contributed by atoms with E-state index in [0.717, 1.165) is 19.3 Å². The molecule has 2 rings (SSSR count). The van der Waals surface area contributed by atoms with Crippen molar-refractivity contribution in [3.05, 3.63) is 0 Å². The fourth-order valence-electron chi connectivity index (χ4n) is 4.37. The van der Waals surface area contributed by atoms with Crippen LogP contribution in [0.15, 0.2) is 0 Å². The van der Waals surface area contributed by atoms with Gasteiger partial charge in [-0.3, -0.25) is 4.79 Å². The van der Waals surface area contributed by atoms with Crippen molar-refractivity contribution >= 4 is 40.8 Å². The molecule has 2 aliphatic rings. The molecule has 4 N–H and O–H groups in total. The van der Waals surface area contributed by atoms with E-state index in [2.05, 4.69) is 6.92 Å². The Morgan fingerprint density at radius 3 is 2.06 bits per heavy atom. The lowest BCUT2D eigenvalue weighted by Crippen LogP contribution is -2.61. The van der Waals surface area contributed by atoms with Gasteiger partial charge in [-0.25, -0.2) is 0 Å². The van der Waals surface area contributed by atoms with Gasteiger partial charge < -0.3 is 39.4 Å². The summed E-state index contributed by atoms with van der Waals surface area (Å²) in [5, 5.41) is 40.3. The predicted molar refractivity (Wildman–Crippen MR) is 135 cm³/mol. The number of aliphatic hydroxyl groups excluding tert-OH is 4. The Labute approximate surface area is 228 Å². The summed E-state index contributed by atoms with van der Waals surface area (Å²) in [5.74, 6) is -2.92. The van der Waals surface area contributed by atoms with Crippen molar-refractivity contribution in [1.82, 2.24) is 0 Å². The van der Waals surface area contributed by atoms with Crippen LogP contribution < -0.4 is 0 Å². The Bertz CT molecular complexity index is 646. The van der Waals surface area contributed by atoms with E-state index >= 15 is 0 Å². The number of unbranched alkanes of at least 4 members (excludes halogenated alkanes) is 8. The second kappa shape index (κ2) is 16.2. The highest BCUT2D eigenvalue weighted by molar-refractivity contribution is 6.21. The Morgan fingerprint density at radius 1 is 0.889 bits per heavy atom. The number of hydrogen-bond donors (Lipinski definition) is 4. The number of aliphatic hydroxyl groups is 4. The molecule has 2 aliphatic heterocycles. The zero-order valence-corrected chi connectivity index (χ0v) is 23.0. The maximum absolute atomic E-state index is 12.2. The number of halogens is 3. The van der Waals surface area contributed by atoms with E-state index in [1.54, 1.807) is 0 Å². The number of rotatable bonds is 16. The third-order valence-corrected chi connectivity index (χ3v) is 7.89. The second-order valence-electron chi connectivity index (χ2n) is 9.54. The van der Waals surface area contributed by atoms with Gasteiger partial charge in [-0.1, -0.05) is 58.3 Å². The van der Waals surface area contributed by atoms with Gasteiger partial charge >= 0.3 is 5.97 Å². The molecule has 12 heteroatoms. The molecule has 0 saturated carbocycles. The van der Waals surface area contributed by atoms with Crippen molar-refractivity contribution in [2.24, 2.45) is 0 Å². The van der Waals surface area contributed by atoms with Gasteiger partial charge in [0.1, 0.15) is 43.2 Å². The Kier molecular flexibility index (Phi) is 14.5.